The third kappa shape index (κ3) is 2.90. The number of hydrogen-bond acceptors (Lipinski definition) is 2. The van der Waals surface area contributed by atoms with Crippen LogP contribution in [0.2, 0.25) is 15.3 Å². The van der Waals surface area contributed by atoms with E-state index in [4.69, 9.17) is 39.2 Å². The topological polar surface area (TPSA) is 31.0 Å². The van der Waals surface area contributed by atoms with Crippen molar-refractivity contribution in [2.24, 2.45) is 0 Å². The van der Waals surface area contributed by atoms with E-state index < -0.39 is 11.9 Å². The number of nitrogens with zero attached hydrogens (tertiary/aromatic N) is 2. The van der Waals surface area contributed by atoms with Gasteiger partial charge in [-0.1, -0.05) is 29.3 Å². The highest BCUT2D eigenvalue weighted by Gasteiger charge is 2.39. The highest BCUT2D eigenvalue weighted by Crippen LogP contribution is 2.39. The van der Waals surface area contributed by atoms with Crippen LogP contribution in [-0.2, 0) is 6.18 Å². The molecule has 3 rings (SSSR count). The predicted octanol–water partition coefficient (Wildman–Crippen LogP) is 6.42. The lowest BCUT2D eigenvalue weighted by atomic mass is 10.2. The summed E-state index contributed by atoms with van der Waals surface area (Å²) < 4.78 is 46.3. The molecule has 126 valence electrons. The smallest absolute Gasteiger partial charge is 0.435 e. The fraction of sp³-hybridized carbons (Fsp3) is 0.133. The van der Waals surface area contributed by atoms with Gasteiger partial charge in [-0.05, 0) is 42.8 Å². The maximum atomic E-state index is 13.3. The van der Waals surface area contributed by atoms with Crippen molar-refractivity contribution >= 4 is 34.8 Å². The molecule has 9 heteroatoms. The van der Waals surface area contributed by atoms with Crippen molar-refractivity contribution in [1.82, 2.24) is 9.55 Å². The highest BCUT2D eigenvalue weighted by molar-refractivity contribution is 6.37. The molecule has 0 N–H and O–H groups in total. The minimum atomic E-state index is -4.64. The van der Waals surface area contributed by atoms with Crippen LogP contribution in [0.1, 0.15) is 11.4 Å². The Hall–Kier alpha value is -1.63. The largest absolute Gasteiger partial charge is 0.441 e. The molecule has 24 heavy (non-hydrogen) atoms. The molecular formula is C15H8Cl3F3N2O. The molecular weight excluding hydrogens is 388 g/mol. The lowest BCUT2D eigenvalue weighted by molar-refractivity contribution is -0.141. The number of rotatable bonds is 2. The molecule has 0 unspecified atom stereocenters. The molecule has 0 fully saturated rings. The lowest BCUT2D eigenvalue weighted by Crippen LogP contribution is -2.08. The van der Waals surface area contributed by atoms with Gasteiger partial charge in [-0.15, -0.1) is 0 Å². The van der Waals surface area contributed by atoms with Crippen LogP contribution >= 0.6 is 34.8 Å². The standard InChI is InChI=1S/C15H8Cl3F3N2O/c1-7-13(15(19,20)21)22-14(10-5-6-11(18)24-10)23(7)12-8(16)3-2-4-9(12)17/h2-6H,1H3. The Morgan fingerprint density at radius 2 is 1.67 bits per heavy atom. The second-order valence-corrected chi connectivity index (χ2v) is 6.06. The van der Waals surface area contributed by atoms with Crippen LogP contribution in [0.3, 0.4) is 0 Å². The van der Waals surface area contributed by atoms with E-state index >= 15 is 0 Å². The van der Waals surface area contributed by atoms with Crippen molar-refractivity contribution < 1.29 is 17.6 Å². The van der Waals surface area contributed by atoms with Crippen LogP contribution in [0, 0.1) is 6.92 Å². The van der Waals surface area contributed by atoms with Crippen LogP contribution in [-0.4, -0.2) is 9.55 Å². The number of hydrogen-bond donors (Lipinski definition) is 0. The Morgan fingerprint density at radius 1 is 1.04 bits per heavy atom. The highest BCUT2D eigenvalue weighted by atomic mass is 35.5. The Balaban J connectivity index is 2.37. The van der Waals surface area contributed by atoms with Crippen molar-refractivity contribution in [2.45, 2.75) is 13.1 Å². The van der Waals surface area contributed by atoms with Crippen molar-refractivity contribution in [1.29, 1.82) is 0 Å². The van der Waals surface area contributed by atoms with Crippen molar-refractivity contribution in [3.63, 3.8) is 0 Å². The van der Waals surface area contributed by atoms with Gasteiger partial charge < -0.3 is 4.42 Å². The summed E-state index contributed by atoms with van der Waals surface area (Å²) in [6.07, 6.45) is -4.64. The van der Waals surface area contributed by atoms with Crippen molar-refractivity contribution in [3.8, 4) is 17.3 Å². The Bertz CT molecular complexity index is 895. The van der Waals surface area contributed by atoms with Gasteiger partial charge in [0.1, 0.15) is 0 Å². The molecule has 0 aliphatic rings. The first-order valence-corrected chi connectivity index (χ1v) is 7.70. The van der Waals surface area contributed by atoms with Crippen molar-refractivity contribution in [2.75, 3.05) is 0 Å². The molecule has 0 bridgehead atoms. The number of furan rings is 1. The van der Waals surface area contributed by atoms with E-state index in [2.05, 4.69) is 4.98 Å². The average molecular weight is 396 g/mol. The van der Waals surface area contributed by atoms with Gasteiger partial charge in [0.25, 0.3) is 0 Å². The van der Waals surface area contributed by atoms with Crippen molar-refractivity contribution in [3.05, 3.63) is 57.0 Å². The summed E-state index contributed by atoms with van der Waals surface area (Å²) in [6, 6.07) is 7.47. The first-order valence-electron chi connectivity index (χ1n) is 6.56. The number of halogens is 6. The first-order chi connectivity index (χ1) is 11.2. The molecule has 3 aromatic rings. The van der Waals surface area contributed by atoms with Crippen LogP contribution in [0.25, 0.3) is 17.3 Å². The number of imidazole rings is 1. The van der Waals surface area contributed by atoms with Gasteiger partial charge in [0.05, 0.1) is 21.4 Å². The average Bonchev–Trinajstić information content (AvgIpc) is 3.03. The number of alkyl halides is 3. The lowest BCUT2D eigenvalue weighted by Gasteiger charge is -2.13. The summed E-state index contributed by atoms with van der Waals surface area (Å²) in [5, 5.41) is 0.377. The molecule has 0 aliphatic heterocycles. The van der Waals surface area contributed by atoms with Crippen LogP contribution in [0.4, 0.5) is 13.2 Å². The minimum Gasteiger partial charge on any atom is -0.441 e. The summed E-state index contributed by atoms with van der Waals surface area (Å²) in [7, 11) is 0. The minimum absolute atomic E-state index is 0.0241. The summed E-state index contributed by atoms with van der Waals surface area (Å²) in [5.41, 5.74) is -1.04. The quantitative estimate of drug-likeness (QED) is 0.501. The van der Waals surface area contributed by atoms with Crippen LogP contribution in [0.5, 0.6) is 0 Å². The fourth-order valence-corrected chi connectivity index (χ4v) is 3.06. The van der Waals surface area contributed by atoms with Gasteiger partial charge in [-0.2, -0.15) is 13.2 Å². The first kappa shape index (κ1) is 17.2. The molecule has 0 saturated carbocycles. The van der Waals surface area contributed by atoms with Gasteiger partial charge in [0.2, 0.25) is 0 Å². The molecule has 0 aliphatic carbocycles. The Kier molecular flexibility index (Phi) is 4.32. The van der Waals surface area contributed by atoms with E-state index in [0.29, 0.717) is 0 Å². The zero-order chi connectivity index (χ0) is 17.6. The maximum absolute atomic E-state index is 13.3. The van der Waals surface area contributed by atoms with Gasteiger partial charge in [-0.3, -0.25) is 4.57 Å². The van der Waals surface area contributed by atoms with Gasteiger partial charge in [0, 0.05) is 0 Å². The number of para-hydroxylation sites is 1. The maximum Gasteiger partial charge on any atom is 0.435 e. The predicted molar refractivity (Wildman–Crippen MR) is 86.0 cm³/mol. The molecule has 0 atom stereocenters. The van der Waals surface area contributed by atoms with Gasteiger partial charge in [-0.25, -0.2) is 4.98 Å². The number of benzene rings is 1. The van der Waals surface area contributed by atoms with Gasteiger partial charge in [0.15, 0.2) is 22.5 Å². The third-order valence-electron chi connectivity index (χ3n) is 3.33. The summed E-state index contributed by atoms with van der Waals surface area (Å²) in [4.78, 5) is 3.69. The third-order valence-corrected chi connectivity index (χ3v) is 4.14. The van der Waals surface area contributed by atoms with E-state index in [1.807, 2.05) is 0 Å². The van der Waals surface area contributed by atoms with E-state index in [0.717, 1.165) is 0 Å². The second-order valence-electron chi connectivity index (χ2n) is 4.88. The molecule has 2 heterocycles. The molecule has 0 spiro atoms. The zero-order valence-corrected chi connectivity index (χ0v) is 14.2. The van der Waals surface area contributed by atoms with E-state index in [1.165, 1.54) is 35.8 Å². The van der Waals surface area contributed by atoms with Crippen LogP contribution < -0.4 is 0 Å². The fourth-order valence-electron chi connectivity index (χ4n) is 2.35. The molecule has 0 amide bonds. The SMILES string of the molecule is Cc1c(C(F)(F)F)nc(-c2ccc(Cl)o2)n1-c1c(Cl)cccc1Cl. The summed E-state index contributed by atoms with van der Waals surface area (Å²) >= 11 is 18.0. The molecule has 0 radical (unpaired) electrons. The van der Waals surface area contributed by atoms with E-state index in [-0.39, 0.29) is 38.2 Å². The normalized spacial score (nSPS) is 12.0. The molecule has 2 aromatic heterocycles. The van der Waals surface area contributed by atoms with E-state index in [1.54, 1.807) is 6.07 Å². The monoisotopic (exact) mass is 394 g/mol. The summed E-state index contributed by atoms with van der Waals surface area (Å²) in [5.74, 6) is -0.0312. The second kappa shape index (κ2) is 6.02. The molecule has 0 saturated heterocycles. The molecule has 3 nitrogen and oxygen atoms in total. The Labute approximate surface area is 149 Å². The number of aromatic nitrogens is 2. The molecule has 1 aromatic carbocycles. The zero-order valence-electron chi connectivity index (χ0n) is 12.0. The summed E-state index contributed by atoms with van der Waals surface area (Å²) in [6.45, 7) is 1.28. The van der Waals surface area contributed by atoms with E-state index in [9.17, 15) is 13.2 Å². The van der Waals surface area contributed by atoms with Gasteiger partial charge >= 0.3 is 6.18 Å². The Morgan fingerprint density at radius 3 is 2.17 bits per heavy atom. The van der Waals surface area contributed by atoms with Crippen LogP contribution in [0.15, 0.2) is 34.7 Å².